The summed E-state index contributed by atoms with van der Waals surface area (Å²) in [5, 5.41) is 3.07. The molecule has 1 aliphatic heterocycles. The first kappa shape index (κ1) is 24.3. The van der Waals surface area contributed by atoms with E-state index in [0.717, 1.165) is 21.9 Å². The molecule has 0 spiro atoms. The van der Waals surface area contributed by atoms with Gasteiger partial charge in [0.05, 0.1) is 17.2 Å². The van der Waals surface area contributed by atoms with E-state index in [1.807, 2.05) is 51.1 Å². The van der Waals surface area contributed by atoms with Gasteiger partial charge in [0.25, 0.3) is 5.56 Å². The van der Waals surface area contributed by atoms with Gasteiger partial charge in [0, 0.05) is 30.7 Å². The second kappa shape index (κ2) is 9.54. The predicted octanol–water partition coefficient (Wildman–Crippen LogP) is 5.76. The van der Waals surface area contributed by atoms with Crippen LogP contribution in [-0.2, 0) is 11.2 Å². The van der Waals surface area contributed by atoms with Crippen LogP contribution in [0.4, 0.5) is 4.79 Å². The fourth-order valence-electron chi connectivity index (χ4n) is 4.84. The number of nitrogens with zero attached hydrogens (tertiary/aromatic N) is 4. The highest BCUT2D eigenvalue weighted by atomic mass is 35.5. The molecular formula is C28H29ClN4O3. The van der Waals surface area contributed by atoms with Crippen molar-refractivity contribution in [3.8, 4) is 0 Å². The second-order valence-electron chi connectivity index (χ2n) is 10.3. The molecule has 0 unspecified atom stereocenters. The average Bonchev–Trinajstić information content (AvgIpc) is 2.85. The standard InChI is InChI=1S/C28H29ClN4O3/c1-28(2,3)36-27(35)32-12-10-20(11-13-32)33-17-31-25-22-7-5-4-6-21(22)19(15-23(25)26(33)34)14-18-8-9-24(29)30-16-18/h4-9,15-17,20H,10-14H2,1-3H3. The van der Waals surface area contributed by atoms with Gasteiger partial charge in [-0.05, 0) is 68.7 Å². The van der Waals surface area contributed by atoms with Crippen LogP contribution in [0.2, 0.25) is 5.15 Å². The third kappa shape index (κ3) is 4.93. The lowest BCUT2D eigenvalue weighted by atomic mass is 9.96. The van der Waals surface area contributed by atoms with Crippen molar-refractivity contribution < 1.29 is 9.53 Å². The molecule has 1 saturated heterocycles. The Morgan fingerprint density at radius 1 is 1.06 bits per heavy atom. The molecule has 3 heterocycles. The van der Waals surface area contributed by atoms with Gasteiger partial charge < -0.3 is 9.64 Å². The number of hydrogen-bond donors (Lipinski definition) is 0. The van der Waals surface area contributed by atoms with Crippen molar-refractivity contribution in [1.29, 1.82) is 0 Å². The van der Waals surface area contributed by atoms with Crippen LogP contribution in [0.25, 0.3) is 21.7 Å². The van der Waals surface area contributed by atoms with Crippen molar-refractivity contribution in [1.82, 2.24) is 19.4 Å². The number of aromatic nitrogens is 3. The van der Waals surface area contributed by atoms with Crippen LogP contribution < -0.4 is 5.56 Å². The summed E-state index contributed by atoms with van der Waals surface area (Å²) in [5.41, 5.74) is 2.17. The van der Waals surface area contributed by atoms with E-state index >= 15 is 0 Å². The molecule has 0 saturated carbocycles. The van der Waals surface area contributed by atoms with Crippen LogP contribution in [0, 0.1) is 0 Å². The Kier molecular flexibility index (Phi) is 6.43. The molecule has 0 radical (unpaired) electrons. The number of benzene rings is 2. The van der Waals surface area contributed by atoms with Crippen molar-refractivity contribution in [3.63, 3.8) is 0 Å². The van der Waals surface area contributed by atoms with Crippen molar-refractivity contribution in [2.75, 3.05) is 13.1 Å². The summed E-state index contributed by atoms with van der Waals surface area (Å²) in [7, 11) is 0. The number of carbonyl (C=O) groups excluding carboxylic acids is 1. The molecule has 1 amide bonds. The molecule has 1 fully saturated rings. The van der Waals surface area contributed by atoms with Gasteiger partial charge in [-0.1, -0.05) is 41.9 Å². The molecule has 4 aromatic rings. The zero-order valence-corrected chi connectivity index (χ0v) is 21.5. The number of piperidine rings is 1. The minimum absolute atomic E-state index is 0.0246. The zero-order valence-electron chi connectivity index (χ0n) is 20.7. The summed E-state index contributed by atoms with van der Waals surface area (Å²) < 4.78 is 7.24. The maximum Gasteiger partial charge on any atom is 0.410 e. The average molecular weight is 505 g/mol. The normalized spacial score (nSPS) is 14.9. The summed E-state index contributed by atoms with van der Waals surface area (Å²) in [5.74, 6) is 0. The minimum Gasteiger partial charge on any atom is -0.444 e. The Morgan fingerprint density at radius 3 is 2.44 bits per heavy atom. The Balaban J connectivity index is 1.48. The molecule has 2 aromatic heterocycles. The number of amides is 1. The van der Waals surface area contributed by atoms with Crippen molar-refractivity contribution >= 4 is 39.4 Å². The number of ether oxygens (including phenoxy) is 1. The Bertz CT molecular complexity index is 1480. The number of hydrogen-bond acceptors (Lipinski definition) is 5. The van der Waals surface area contributed by atoms with Crippen molar-refractivity contribution in [2.45, 2.75) is 51.7 Å². The number of likely N-dealkylation sites (tertiary alicyclic amines) is 1. The monoisotopic (exact) mass is 504 g/mol. The highest BCUT2D eigenvalue weighted by Gasteiger charge is 2.28. The van der Waals surface area contributed by atoms with Gasteiger partial charge in [-0.25, -0.2) is 14.8 Å². The smallest absolute Gasteiger partial charge is 0.410 e. The lowest BCUT2D eigenvalue weighted by molar-refractivity contribution is 0.0187. The molecule has 0 atom stereocenters. The summed E-state index contributed by atoms with van der Waals surface area (Å²) in [6.07, 6.45) is 5.09. The molecule has 2 aromatic carbocycles. The SMILES string of the molecule is CC(C)(C)OC(=O)N1CCC(n2cnc3c(cc(Cc4ccc(Cl)nc4)c4ccccc43)c2=O)CC1. The first-order valence-electron chi connectivity index (χ1n) is 12.2. The summed E-state index contributed by atoms with van der Waals surface area (Å²) in [6.45, 7) is 6.66. The molecule has 0 aliphatic carbocycles. The second-order valence-corrected chi connectivity index (χ2v) is 10.7. The number of carbonyl (C=O) groups is 1. The van der Waals surface area contributed by atoms with Gasteiger partial charge in [-0.3, -0.25) is 9.36 Å². The van der Waals surface area contributed by atoms with E-state index in [4.69, 9.17) is 21.3 Å². The topological polar surface area (TPSA) is 77.3 Å². The molecule has 8 heteroatoms. The lowest BCUT2D eigenvalue weighted by Crippen LogP contribution is -2.43. The highest BCUT2D eigenvalue weighted by molar-refractivity contribution is 6.29. The third-order valence-electron chi connectivity index (χ3n) is 6.57. The van der Waals surface area contributed by atoms with Crippen LogP contribution in [0.1, 0.15) is 50.8 Å². The first-order chi connectivity index (χ1) is 17.2. The molecule has 7 nitrogen and oxygen atoms in total. The van der Waals surface area contributed by atoms with E-state index in [9.17, 15) is 9.59 Å². The van der Waals surface area contributed by atoms with E-state index < -0.39 is 5.60 Å². The van der Waals surface area contributed by atoms with E-state index in [1.54, 1.807) is 28.1 Å². The molecule has 5 rings (SSSR count). The van der Waals surface area contributed by atoms with E-state index in [1.165, 1.54) is 0 Å². The molecule has 186 valence electrons. The maximum absolute atomic E-state index is 13.7. The van der Waals surface area contributed by atoms with Crippen LogP contribution in [0.5, 0.6) is 0 Å². The van der Waals surface area contributed by atoms with Crippen LogP contribution in [0.15, 0.2) is 59.8 Å². The van der Waals surface area contributed by atoms with Gasteiger partial charge in [0.2, 0.25) is 0 Å². The highest BCUT2D eigenvalue weighted by Crippen LogP contribution is 2.29. The molecule has 0 N–H and O–H groups in total. The van der Waals surface area contributed by atoms with Crippen molar-refractivity contribution in [3.05, 3.63) is 81.6 Å². The summed E-state index contributed by atoms with van der Waals surface area (Å²) in [4.78, 5) is 36.8. The zero-order chi connectivity index (χ0) is 25.4. The van der Waals surface area contributed by atoms with Gasteiger partial charge in [0.15, 0.2) is 0 Å². The number of halogens is 1. The minimum atomic E-state index is -0.532. The molecule has 0 bridgehead atoms. The van der Waals surface area contributed by atoms with Crippen molar-refractivity contribution in [2.24, 2.45) is 0 Å². The number of fused-ring (bicyclic) bond motifs is 3. The first-order valence-corrected chi connectivity index (χ1v) is 12.6. The fourth-order valence-corrected chi connectivity index (χ4v) is 4.95. The summed E-state index contributed by atoms with van der Waals surface area (Å²) in [6, 6.07) is 13.7. The third-order valence-corrected chi connectivity index (χ3v) is 6.79. The van der Waals surface area contributed by atoms with Gasteiger partial charge in [-0.2, -0.15) is 0 Å². The maximum atomic E-state index is 13.7. The Labute approximate surface area is 214 Å². The molecule has 1 aliphatic rings. The van der Waals surface area contributed by atoms with Gasteiger partial charge >= 0.3 is 6.09 Å². The predicted molar refractivity (Wildman–Crippen MR) is 142 cm³/mol. The van der Waals surface area contributed by atoms with Gasteiger partial charge in [0.1, 0.15) is 10.8 Å². The lowest BCUT2D eigenvalue weighted by Gasteiger charge is -2.34. The molecular weight excluding hydrogens is 476 g/mol. The number of rotatable bonds is 3. The molecule has 36 heavy (non-hydrogen) atoms. The van der Waals surface area contributed by atoms with E-state index in [2.05, 4.69) is 11.1 Å². The van der Waals surface area contributed by atoms with Gasteiger partial charge in [-0.15, -0.1) is 0 Å². The van der Waals surface area contributed by atoms with Crippen LogP contribution >= 0.6 is 11.6 Å². The number of pyridine rings is 1. The largest absolute Gasteiger partial charge is 0.444 e. The van der Waals surface area contributed by atoms with E-state index in [-0.39, 0.29) is 17.7 Å². The fraction of sp³-hybridized carbons (Fsp3) is 0.357. The van der Waals surface area contributed by atoms with E-state index in [0.29, 0.717) is 48.4 Å². The summed E-state index contributed by atoms with van der Waals surface area (Å²) >= 11 is 5.96. The van der Waals surface area contributed by atoms with Crippen LogP contribution in [-0.4, -0.2) is 44.2 Å². The quantitative estimate of drug-likeness (QED) is 0.262. The Morgan fingerprint density at radius 2 is 1.78 bits per heavy atom. The van der Waals surface area contributed by atoms with Crippen LogP contribution in [0.3, 0.4) is 0 Å². The Hall–Kier alpha value is -3.45.